The molecule has 0 atom stereocenters. The van der Waals surface area contributed by atoms with E-state index in [2.05, 4.69) is 101 Å². The summed E-state index contributed by atoms with van der Waals surface area (Å²) in [7, 11) is 9.92. The van der Waals surface area contributed by atoms with E-state index in [9.17, 15) is 0 Å². The molecule has 20 rings (SSSR count). The zero-order chi connectivity index (χ0) is 72.8. The molecule has 0 radical (unpaired) electrons. The number of benzene rings is 5. The van der Waals surface area contributed by atoms with Gasteiger partial charge in [0.05, 0.1) is 107 Å². The first-order chi connectivity index (χ1) is 50.7. The second-order valence-electron chi connectivity index (χ2n) is 25.9. The lowest BCUT2D eigenvalue weighted by molar-refractivity contribution is -0.663. The van der Waals surface area contributed by atoms with Crippen LogP contribution in [0.2, 0.25) is 0 Å². The Morgan fingerprint density at radius 1 is 0.295 bits per heavy atom. The fraction of sp³-hybridized carbons (Fsp3) is 0.188. The lowest BCUT2D eigenvalue weighted by Gasteiger charge is -2.04. The second kappa shape index (κ2) is 26.2. The lowest BCUT2D eigenvalue weighted by Crippen LogP contribution is -2.31. The second-order valence-corrected chi connectivity index (χ2v) is 25.9. The maximum Gasteiger partial charge on any atom is 0.334 e. The third kappa shape index (κ3) is 11.8. The molecule has 0 saturated heterocycles. The van der Waals surface area contributed by atoms with Gasteiger partial charge in [-0.1, -0.05) is 24.3 Å². The first-order valence-electron chi connectivity index (χ1n) is 33.7. The van der Waals surface area contributed by atoms with Gasteiger partial charge in [0.1, 0.15) is 50.2 Å². The van der Waals surface area contributed by atoms with E-state index >= 15 is 0 Å². The van der Waals surface area contributed by atoms with E-state index in [1.807, 2.05) is 199 Å². The van der Waals surface area contributed by atoms with Gasteiger partial charge in [-0.15, -0.1) is 0 Å². The van der Waals surface area contributed by atoms with Crippen molar-refractivity contribution in [3.63, 3.8) is 0 Å². The van der Waals surface area contributed by atoms with Gasteiger partial charge in [0.2, 0.25) is 28.2 Å². The molecule has 15 aromatic heterocycles. The molecule has 15 heterocycles. The lowest BCUT2D eigenvalue weighted by atomic mass is 10.0. The molecule has 0 aliphatic rings. The van der Waals surface area contributed by atoms with Crippen molar-refractivity contribution >= 4 is 111 Å². The zero-order valence-electron chi connectivity index (χ0n) is 60.2. The molecular formula is C80H70N15O10+5. The number of oxazole rings is 5. The quantitative estimate of drug-likeness (QED) is 0.145. The van der Waals surface area contributed by atoms with Gasteiger partial charge in [-0.3, -0.25) is 15.0 Å². The molecule has 0 fully saturated rings. The first-order valence-corrected chi connectivity index (χ1v) is 33.7. The number of hydrogen-bond acceptors (Lipinski definition) is 20. The third-order valence-electron chi connectivity index (χ3n) is 18.5. The predicted molar refractivity (Wildman–Crippen MR) is 388 cm³/mol. The van der Waals surface area contributed by atoms with Gasteiger partial charge in [-0.2, -0.15) is 23.7 Å². The number of fused-ring (bicyclic) bond motifs is 15. The molecular weight excluding hydrogens is 1330 g/mol. The van der Waals surface area contributed by atoms with Crippen LogP contribution in [-0.2, 0) is 35.2 Å². The van der Waals surface area contributed by atoms with Crippen LogP contribution in [0.1, 0.15) is 57.3 Å². The van der Waals surface area contributed by atoms with E-state index in [1.54, 1.807) is 31.0 Å². The van der Waals surface area contributed by atoms with Gasteiger partial charge in [0.25, 0.3) is 11.4 Å². The number of rotatable bonds is 5. The molecule has 0 saturated carbocycles. The van der Waals surface area contributed by atoms with E-state index in [4.69, 9.17) is 44.2 Å². The van der Waals surface area contributed by atoms with Crippen LogP contribution in [0.5, 0.6) is 0 Å². The Hall–Kier alpha value is -13.5. The zero-order valence-corrected chi connectivity index (χ0v) is 60.2. The minimum atomic E-state index is 0.466. The number of aromatic nitrogens is 15. The molecule has 0 bridgehead atoms. The van der Waals surface area contributed by atoms with Crippen molar-refractivity contribution in [1.29, 1.82) is 0 Å². The largest absolute Gasteiger partial charge is 0.437 e. The van der Waals surface area contributed by atoms with Crippen molar-refractivity contribution in [3.05, 3.63) is 211 Å². The summed E-state index contributed by atoms with van der Waals surface area (Å²) in [4.78, 5) is 43.4. The average molecular weight is 1400 g/mol. The molecule has 25 heteroatoms. The minimum absolute atomic E-state index is 0.466. The number of furan rings is 5. The van der Waals surface area contributed by atoms with Crippen molar-refractivity contribution in [3.8, 4) is 56.5 Å². The summed E-state index contributed by atoms with van der Waals surface area (Å²) in [5.74, 6) is 6.18. The van der Waals surface area contributed by atoms with Crippen molar-refractivity contribution in [1.82, 2.24) is 49.8 Å². The highest BCUT2D eigenvalue weighted by Gasteiger charge is 2.29. The van der Waals surface area contributed by atoms with Gasteiger partial charge in [0, 0.05) is 46.8 Å². The molecule has 5 aromatic carbocycles. The Balaban J connectivity index is 0.000000101. The molecule has 105 heavy (non-hydrogen) atoms. The fourth-order valence-corrected chi connectivity index (χ4v) is 13.4. The normalized spacial score (nSPS) is 11.6. The fourth-order valence-electron chi connectivity index (χ4n) is 13.4. The number of hydrogen-bond donors (Lipinski definition) is 0. The Kier molecular flexibility index (Phi) is 16.5. The third-order valence-corrected chi connectivity index (χ3v) is 18.5. The number of nitrogens with zero attached hydrogens (tertiary/aromatic N) is 15. The summed E-state index contributed by atoms with van der Waals surface area (Å²) in [6, 6.07) is 24.2. The van der Waals surface area contributed by atoms with Crippen LogP contribution in [0.3, 0.4) is 0 Å². The molecule has 0 aliphatic carbocycles. The Morgan fingerprint density at radius 3 is 1.10 bits per heavy atom. The van der Waals surface area contributed by atoms with Gasteiger partial charge in [-0.25, -0.2) is 24.1 Å². The molecule has 0 unspecified atom stereocenters. The predicted octanol–water partition coefficient (Wildman–Crippen LogP) is 15.4. The van der Waals surface area contributed by atoms with Crippen molar-refractivity contribution in [2.75, 3.05) is 0 Å². The van der Waals surface area contributed by atoms with Crippen LogP contribution in [0, 0.1) is 69.2 Å². The maximum atomic E-state index is 5.95. The topological polar surface area (TPSA) is 280 Å². The van der Waals surface area contributed by atoms with E-state index in [0.29, 0.717) is 69.4 Å². The highest BCUT2D eigenvalue weighted by atomic mass is 16.5. The average Bonchev–Trinajstić information content (AvgIpc) is 1.46. The summed E-state index contributed by atoms with van der Waals surface area (Å²) in [5, 5.41) is 4.76. The van der Waals surface area contributed by atoms with E-state index in [0.717, 1.165) is 156 Å². The van der Waals surface area contributed by atoms with Crippen molar-refractivity contribution in [2.24, 2.45) is 35.2 Å². The standard InChI is InChI=1S/5C16H14N3O2/c1-9-5-6-11-13-16(20-10(2)18-13)21-14(11)12(9)15-17-7-4-8-19(15)3;1-9-5-6-11-13(21-16-14(11)20-10(2)18-16)12(9)15-17-7-4-8-19(15)3;1-9-6-12-14(21-16-15(12)18-10(2)20-16)7-11(9)13-8-17-4-5-19(13)3;1-9-4-5-11-14-16(20-10(2)18-14)21-15(11)13(9)12-8-17-6-7-19(12)3;1-9-4-5-11-14(21-16-15(11)20-10(2)18-16)13(9)12-8-17-6-7-19(12)3/h5*4-8H,1-3H3/q5*+1. The van der Waals surface area contributed by atoms with Crippen LogP contribution in [0.15, 0.2) is 198 Å². The molecule has 0 aliphatic heterocycles. The highest BCUT2D eigenvalue weighted by molar-refractivity contribution is 6.09. The Bertz CT molecular complexity index is 6140. The van der Waals surface area contributed by atoms with Crippen LogP contribution in [0.4, 0.5) is 0 Å². The van der Waals surface area contributed by atoms with Gasteiger partial charge in [-0.05, 0) is 109 Å². The first kappa shape index (κ1) is 66.1. The Labute approximate surface area is 597 Å². The summed E-state index contributed by atoms with van der Waals surface area (Å²) in [6.07, 6.45) is 24.1. The van der Waals surface area contributed by atoms with Gasteiger partial charge in [0.15, 0.2) is 86.9 Å². The maximum absolute atomic E-state index is 5.95. The molecule has 0 spiro atoms. The molecule has 20 aromatic rings. The van der Waals surface area contributed by atoms with Gasteiger partial charge >= 0.3 is 29.0 Å². The smallest absolute Gasteiger partial charge is 0.334 e. The molecule has 0 N–H and O–H groups in total. The van der Waals surface area contributed by atoms with Crippen molar-refractivity contribution in [2.45, 2.75) is 69.2 Å². The highest BCUT2D eigenvalue weighted by Crippen LogP contribution is 2.42. The van der Waals surface area contributed by atoms with E-state index < -0.39 is 0 Å². The van der Waals surface area contributed by atoms with E-state index in [1.165, 1.54) is 0 Å². The molecule has 0 amide bonds. The summed E-state index contributed by atoms with van der Waals surface area (Å²) < 4.78 is 67.3. The molecule has 25 nitrogen and oxygen atoms in total. The van der Waals surface area contributed by atoms with Crippen LogP contribution < -0.4 is 22.8 Å². The number of aryl methyl sites for hydroxylation is 15. The SMILES string of the molecule is Cc1nc2c(o1)oc1c(-c3cncc[n+]3C)c(C)ccc12.Cc1nc2c(o1)oc1c(-c3nccc[n+]3C)c(C)ccc12.Cc1nc2c(o1)oc1cc(-c3cncc[n+]3C)c(C)cc12.Cc1nc2oc3c(-c4cncc[n+]4C)c(C)ccc3c2o1.Cc1nc2oc3c(-c4nccc[n+]4C)c(C)ccc3c2o1. The minimum Gasteiger partial charge on any atom is -0.437 e. The summed E-state index contributed by atoms with van der Waals surface area (Å²) in [6.45, 7) is 19.4. The van der Waals surface area contributed by atoms with Gasteiger partial charge < -0.3 is 44.2 Å². The van der Waals surface area contributed by atoms with E-state index in [-0.39, 0.29) is 0 Å². The summed E-state index contributed by atoms with van der Waals surface area (Å²) in [5.41, 5.74) is 22.4. The summed E-state index contributed by atoms with van der Waals surface area (Å²) >= 11 is 0. The Morgan fingerprint density at radius 2 is 0.667 bits per heavy atom. The molecule has 520 valence electrons. The van der Waals surface area contributed by atoms with Crippen LogP contribution in [-0.4, -0.2) is 49.8 Å². The van der Waals surface area contributed by atoms with Crippen LogP contribution in [0.25, 0.3) is 168 Å². The monoisotopic (exact) mass is 1400 g/mol. The van der Waals surface area contributed by atoms with Crippen LogP contribution >= 0.6 is 0 Å². The van der Waals surface area contributed by atoms with Crippen molar-refractivity contribution < 1.29 is 67.0 Å².